The van der Waals surface area contributed by atoms with Crippen LogP contribution in [0.3, 0.4) is 0 Å². The molecule has 144 valence electrons. The molecule has 0 saturated carbocycles. The molecule has 4 rings (SSSR count). The summed E-state index contributed by atoms with van der Waals surface area (Å²) in [6.45, 7) is 3.37. The zero-order chi connectivity index (χ0) is 19.0. The minimum absolute atomic E-state index is 0.0953. The van der Waals surface area contributed by atoms with E-state index < -0.39 is 10.0 Å². The van der Waals surface area contributed by atoms with Crippen molar-refractivity contribution >= 4 is 15.9 Å². The van der Waals surface area contributed by atoms with Crippen LogP contribution in [-0.2, 0) is 10.0 Å². The lowest BCUT2D eigenvalue weighted by Crippen LogP contribution is -2.38. The van der Waals surface area contributed by atoms with E-state index in [-0.39, 0.29) is 29.5 Å². The second-order valence-electron chi connectivity index (χ2n) is 7.35. The van der Waals surface area contributed by atoms with Gasteiger partial charge in [0.1, 0.15) is 0 Å². The third kappa shape index (κ3) is 3.30. The molecule has 2 aliphatic heterocycles. The van der Waals surface area contributed by atoms with Crippen molar-refractivity contribution in [2.45, 2.75) is 19.4 Å². The Kier molecular flexibility index (Phi) is 4.82. The number of furan rings is 1. The van der Waals surface area contributed by atoms with Gasteiger partial charge in [0.15, 0.2) is 5.76 Å². The first-order valence-corrected chi connectivity index (χ1v) is 11.0. The number of hydrogen-bond donors (Lipinski definition) is 0. The van der Waals surface area contributed by atoms with Crippen molar-refractivity contribution in [3.05, 3.63) is 60.1 Å². The van der Waals surface area contributed by atoms with Gasteiger partial charge in [-0.3, -0.25) is 4.79 Å². The number of likely N-dealkylation sites (tertiary alicyclic amines) is 1. The maximum absolute atomic E-state index is 13.0. The van der Waals surface area contributed by atoms with E-state index in [1.807, 2.05) is 42.2 Å². The SMILES string of the molecule is CCCS(=O)(=O)N1C[C@H]2CN(C(=O)c3ccco3)[C@H](c3ccccc3)[C@H]2C1. The maximum atomic E-state index is 13.0. The van der Waals surface area contributed by atoms with Crippen molar-refractivity contribution in [1.29, 1.82) is 0 Å². The third-order valence-corrected chi connectivity index (χ3v) is 7.63. The molecule has 0 spiro atoms. The van der Waals surface area contributed by atoms with Crippen molar-refractivity contribution in [2.75, 3.05) is 25.4 Å². The largest absolute Gasteiger partial charge is 0.459 e. The van der Waals surface area contributed by atoms with Crippen molar-refractivity contribution in [1.82, 2.24) is 9.21 Å². The Morgan fingerprint density at radius 3 is 2.56 bits per heavy atom. The van der Waals surface area contributed by atoms with Gasteiger partial charge in [0.25, 0.3) is 5.91 Å². The molecule has 0 aliphatic carbocycles. The smallest absolute Gasteiger partial charge is 0.290 e. The second kappa shape index (κ2) is 7.13. The first-order chi connectivity index (χ1) is 13.0. The van der Waals surface area contributed by atoms with Crippen molar-refractivity contribution in [2.24, 2.45) is 11.8 Å². The van der Waals surface area contributed by atoms with E-state index in [9.17, 15) is 13.2 Å². The van der Waals surface area contributed by atoms with Gasteiger partial charge in [-0.05, 0) is 30.0 Å². The number of rotatable bonds is 5. The molecular formula is C20H24N2O4S. The average Bonchev–Trinajstić information content (AvgIpc) is 3.37. The summed E-state index contributed by atoms with van der Waals surface area (Å²) in [4.78, 5) is 14.9. The van der Waals surface area contributed by atoms with E-state index in [4.69, 9.17) is 4.42 Å². The zero-order valence-corrected chi connectivity index (χ0v) is 16.1. The van der Waals surface area contributed by atoms with E-state index in [0.29, 0.717) is 31.8 Å². The van der Waals surface area contributed by atoms with Crippen LogP contribution in [0.5, 0.6) is 0 Å². The Morgan fingerprint density at radius 2 is 1.89 bits per heavy atom. The van der Waals surface area contributed by atoms with Crippen LogP contribution in [0.1, 0.15) is 35.5 Å². The Balaban J connectivity index is 1.65. The lowest BCUT2D eigenvalue weighted by atomic mass is 9.89. The predicted molar refractivity (Wildman–Crippen MR) is 102 cm³/mol. The number of sulfonamides is 1. The number of fused-ring (bicyclic) bond motifs is 1. The van der Waals surface area contributed by atoms with Crippen LogP contribution in [0.25, 0.3) is 0 Å². The first-order valence-electron chi connectivity index (χ1n) is 9.38. The maximum Gasteiger partial charge on any atom is 0.290 e. The minimum atomic E-state index is -3.23. The van der Waals surface area contributed by atoms with Gasteiger partial charge in [-0.1, -0.05) is 37.3 Å². The van der Waals surface area contributed by atoms with Crippen LogP contribution in [0.4, 0.5) is 0 Å². The number of amides is 1. The third-order valence-electron chi connectivity index (χ3n) is 5.62. The van der Waals surface area contributed by atoms with Crippen LogP contribution < -0.4 is 0 Å². The average molecular weight is 388 g/mol. The highest BCUT2D eigenvalue weighted by molar-refractivity contribution is 7.89. The molecule has 27 heavy (non-hydrogen) atoms. The highest BCUT2D eigenvalue weighted by atomic mass is 32.2. The summed E-state index contributed by atoms with van der Waals surface area (Å²) in [5.41, 5.74) is 1.04. The molecule has 7 heteroatoms. The molecule has 3 heterocycles. The van der Waals surface area contributed by atoms with Crippen LogP contribution in [0, 0.1) is 11.8 Å². The molecule has 2 aliphatic rings. The van der Waals surface area contributed by atoms with Gasteiger partial charge in [0.05, 0.1) is 18.1 Å². The molecule has 1 aromatic heterocycles. The zero-order valence-electron chi connectivity index (χ0n) is 15.3. The lowest BCUT2D eigenvalue weighted by Gasteiger charge is -2.29. The fraction of sp³-hybridized carbons (Fsp3) is 0.450. The summed E-state index contributed by atoms with van der Waals surface area (Å²) < 4.78 is 32.0. The Bertz CT molecular complexity index is 895. The summed E-state index contributed by atoms with van der Waals surface area (Å²) in [7, 11) is -3.23. The van der Waals surface area contributed by atoms with Gasteiger partial charge in [-0.2, -0.15) is 0 Å². The number of benzene rings is 1. The summed E-state index contributed by atoms with van der Waals surface area (Å²) in [5, 5.41) is 0. The number of nitrogens with zero attached hydrogens (tertiary/aromatic N) is 2. The van der Waals surface area contributed by atoms with E-state index in [2.05, 4.69) is 0 Å². The minimum Gasteiger partial charge on any atom is -0.459 e. The summed E-state index contributed by atoms with van der Waals surface area (Å²) in [6, 6.07) is 13.1. The van der Waals surface area contributed by atoms with Gasteiger partial charge < -0.3 is 9.32 Å². The van der Waals surface area contributed by atoms with E-state index in [1.165, 1.54) is 6.26 Å². The fourth-order valence-electron chi connectivity index (χ4n) is 4.45. The number of carbonyl (C=O) groups excluding carboxylic acids is 1. The highest BCUT2D eigenvalue weighted by Crippen LogP contribution is 2.46. The Morgan fingerprint density at radius 1 is 1.11 bits per heavy atom. The summed E-state index contributed by atoms with van der Waals surface area (Å²) >= 11 is 0. The molecule has 1 amide bonds. The molecule has 3 atom stereocenters. The van der Waals surface area contributed by atoms with Crippen LogP contribution in [-0.4, -0.2) is 48.9 Å². The van der Waals surface area contributed by atoms with Gasteiger partial charge in [0.2, 0.25) is 10.0 Å². The molecule has 1 aromatic carbocycles. The molecule has 0 radical (unpaired) electrons. The lowest BCUT2D eigenvalue weighted by molar-refractivity contribution is 0.0676. The number of hydrogen-bond acceptors (Lipinski definition) is 4. The second-order valence-corrected chi connectivity index (χ2v) is 9.44. The monoisotopic (exact) mass is 388 g/mol. The van der Waals surface area contributed by atoms with Crippen LogP contribution in [0.2, 0.25) is 0 Å². The standard InChI is InChI=1S/C20H24N2O4S/c1-2-11-27(24,25)21-12-16-13-22(20(23)18-9-6-10-26-18)19(17(16)14-21)15-7-4-3-5-8-15/h3-10,16-17,19H,2,11-14H2,1H3/t16-,17-,19+/m0/s1. The van der Waals surface area contributed by atoms with Crippen LogP contribution >= 0.6 is 0 Å². The van der Waals surface area contributed by atoms with Crippen molar-refractivity contribution < 1.29 is 17.6 Å². The summed E-state index contributed by atoms with van der Waals surface area (Å²) in [5.74, 6) is 0.605. The van der Waals surface area contributed by atoms with E-state index in [1.54, 1.807) is 16.4 Å². The number of carbonyl (C=O) groups is 1. The molecule has 2 aromatic rings. The van der Waals surface area contributed by atoms with Gasteiger partial charge in [-0.25, -0.2) is 12.7 Å². The van der Waals surface area contributed by atoms with Crippen LogP contribution in [0.15, 0.2) is 53.1 Å². The predicted octanol–water partition coefficient (Wildman–Crippen LogP) is 2.76. The molecule has 2 fully saturated rings. The molecular weight excluding hydrogens is 364 g/mol. The van der Waals surface area contributed by atoms with Gasteiger partial charge in [-0.15, -0.1) is 0 Å². The Hall–Kier alpha value is -2.12. The topological polar surface area (TPSA) is 70.8 Å². The highest BCUT2D eigenvalue weighted by Gasteiger charge is 2.51. The molecule has 0 bridgehead atoms. The van der Waals surface area contributed by atoms with Gasteiger partial charge >= 0.3 is 0 Å². The normalized spacial score (nSPS) is 25.7. The van der Waals surface area contributed by atoms with Gasteiger partial charge in [0, 0.05) is 25.6 Å². The van der Waals surface area contributed by atoms with Crippen molar-refractivity contribution in [3.63, 3.8) is 0 Å². The van der Waals surface area contributed by atoms with E-state index in [0.717, 1.165) is 5.56 Å². The van der Waals surface area contributed by atoms with E-state index >= 15 is 0 Å². The molecule has 2 saturated heterocycles. The molecule has 0 N–H and O–H groups in total. The summed E-state index contributed by atoms with van der Waals surface area (Å²) in [6.07, 6.45) is 2.11. The first kappa shape index (κ1) is 18.3. The molecule has 0 unspecified atom stereocenters. The van der Waals surface area contributed by atoms with Crippen molar-refractivity contribution in [3.8, 4) is 0 Å². The fourth-order valence-corrected chi connectivity index (χ4v) is 6.04. The quantitative estimate of drug-likeness (QED) is 0.790. The Labute approximate surface area is 159 Å². The molecule has 6 nitrogen and oxygen atoms in total.